The smallest absolute Gasteiger partial charge is 0.410 e. The highest BCUT2D eigenvalue weighted by Crippen LogP contribution is 2.70. The van der Waals surface area contributed by atoms with E-state index in [1.165, 1.54) is 6.07 Å². The van der Waals surface area contributed by atoms with Gasteiger partial charge in [0, 0.05) is 30.6 Å². The maximum Gasteiger partial charge on any atom is 0.410 e. The first kappa shape index (κ1) is 27.3. The molecule has 1 amide bonds. The molecule has 1 aromatic rings. The quantitative estimate of drug-likeness (QED) is 0.527. The lowest BCUT2D eigenvalue weighted by molar-refractivity contribution is -0.205. The second-order valence-corrected chi connectivity index (χ2v) is 14.0. The molecule has 4 aliphatic carbocycles. The summed E-state index contributed by atoms with van der Waals surface area (Å²) in [5.74, 6) is 1.56. The third kappa shape index (κ3) is 4.46. The van der Waals surface area contributed by atoms with Crippen molar-refractivity contribution in [1.82, 2.24) is 10.2 Å². The summed E-state index contributed by atoms with van der Waals surface area (Å²) < 4.78 is 11.4. The number of amides is 1. The number of piperidine rings is 1. The lowest BCUT2D eigenvalue weighted by atomic mass is 9.43. The topological polar surface area (TPSA) is 92.0 Å². The molecule has 5 fully saturated rings. The Morgan fingerprint density at radius 1 is 1.05 bits per heavy atom. The van der Waals surface area contributed by atoms with Gasteiger partial charge in [-0.15, -0.1) is 0 Å². The lowest BCUT2D eigenvalue weighted by Gasteiger charge is -2.63. The van der Waals surface area contributed by atoms with E-state index in [1.54, 1.807) is 6.26 Å². The van der Waals surface area contributed by atoms with E-state index in [9.17, 15) is 14.7 Å². The maximum atomic E-state index is 13.0. The van der Waals surface area contributed by atoms with Gasteiger partial charge in [0.05, 0.1) is 11.9 Å². The molecule has 1 aromatic heterocycles. The van der Waals surface area contributed by atoms with Crippen molar-refractivity contribution in [3.05, 3.63) is 34.4 Å². The number of aliphatic hydroxyl groups is 1. The zero-order valence-corrected chi connectivity index (χ0v) is 24.1. The molecule has 1 aliphatic heterocycles. The normalized spacial score (nSPS) is 42.4. The van der Waals surface area contributed by atoms with Crippen molar-refractivity contribution in [3.8, 4) is 0 Å². The molecule has 7 nitrogen and oxygen atoms in total. The number of hydrogen-bond acceptors (Lipinski definition) is 6. The lowest BCUT2D eigenvalue weighted by Crippen LogP contribution is -2.62. The summed E-state index contributed by atoms with van der Waals surface area (Å²) in [5.41, 5.74) is 0.0310. The zero-order chi connectivity index (χ0) is 27.4. The molecule has 7 heteroatoms. The van der Waals surface area contributed by atoms with Crippen molar-refractivity contribution in [2.45, 2.75) is 115 Å². The van der Waals surface area contributed by atoms with E-state index >= 15 is 0 Å². The number of nitrogens with one attached hydrogen (secondary N) is 1. The molecule has 5 aliphatic rings. The molecule has 0 bridgehead atoms. The molecule has 4 saturated carbocycles. The molecular formula is C32H48N2O5. The van der Waals surface area contributed by atoms with Crippen LogP contribution in [-0.2, 0) is 4.74 Å². The Kier molecular flexibility index (Phi) is 7.15. The van der Waals surface area contributed by atoms with Crippen molar-refractivity contribution >= 4 is 6.09 Å². The van der Waals surface area contributed by atoms with Crippen LogP contribution in [-0.4, -0.2) is 53.5 Å². The molecule has 0 radical (unpaired) electrons. The number of carbonyl (C=O) groups is 1. The van der Waals surface area contributed by atoms with Crippen LogP contribution >= 0.6 is 0 Å². The van der Waals surface area contributed by atoms with Gasteiger partial charge in [0.1, 0.15) is 6.10 Å². The molecular weight excluding hydrogens is 492 g/mol. The van der Waals surface area contributed by atoms with Gasteiger partial charge in [0.15, 0.2) is 0 Å². The monoisotopic (exact) mass is 540 g/mol. The highest BCUT2D eigenvalue weighted by Gasteiger charge is 2.67. The first-order chi connectivity index (χ1) is 18.7. The molecule has 8 atom stereocenters. The van der Waals surface area contributed by atoms with Crippen LogP contribution in [0.25, 0.3) is 0 Å². The number of hydrogen-bond donors (Lipinski definition) is 2. The SMILES string of the molecule is CCNC1CCN(C(=O)O[C@H]2CC[C@@]3(C)[C@H](CC[C@@H]4[C@@H]3CC[C@]3(C)[C@@H](c5ccc(=O)oc5)CC[C@]43O)C2)CC1. The number of carbonyl (C=O) groups excluding carboxylic acids is 1. The van der Waals surface area contributed by atoms with Crippen LogP contribution in [0.3, 0.4) is 0 Å². The van der Waals surface area contributed by atoms with Gasteiger partial charge in [-0.2, -0.15) is 0 Å². The van der Waals surface area contributed by atoms with E-state index in [1.807, 2.05) is 11.0 Å². The van der Waals surface area contributed by atoms with Crippen molar-refractivity contribution < 1.29 is 19.1 Å². The third-order valence-electron chi connectivity index (χ3n) is 12.4. The van der Waals surface area contributed by atoms with Gasteiger partial charge in [-0.25, -0.2) is 9.59 Å². The molecule has 6 rings (SSSR count). The van der Waals surface area contributed by atoms with Crippen molar-refractivity contribution in [3.63, 3.8) is 0 Å². The molecule has 0 spiro atoms. The molecule has 0 unspecified atom stereocenters. The fraction of sp³-hybridized carbons (Fsp3) is 0.812. The van der Waals surface area contributed by atoms with Crippen LogP contribution in [0.4, 0.5) is 4.79 Å². The summed E-state index contributed by atoms with van der Waals surface area (Å²) in [4.78, 5) is 26.5. The predicted molar refractivity (Wildman–Crippen MR) is 149 cm³/mol. The van der Waals surface area contributed by atoms with Crippen molar-refractivity contribution in [2.75, 3.05) is 19.6 Å². The Balaban J connectivity index is 1.11. The minimum atomic E-state index is -0.688. The van der Waals surface area contributed by atoms with Gasteiger partial charge >= 0.3 is 11.7 Å². The van der Waals surface area contributed by atoms with E-state index in [-0.39, 0.29) is 34.6 Å². The highest BCUT2D eigenvalue weighted by atomic mass is 16.6. The summed E-state index contributed by atoms with van der Waals surface area (Å²) in [6, 6.07) is 3.94. The summed E-state index contributed by atoms with van der Waals surface area (Å²) in [6.45, 7) is 9.43. The molecule has 1 saturated heterocycles. The Labute approximate surface area is 233 Å². The first-order valence-corrected chi connectivity index (χ1v) is 15.7. The number of fused-ring (bicyclic) bond motifs is 5. The van der Waals surface area contributed by atoms with Crippen LogP contribution < -0.4 is 10.9 Å². The zero-order valence-electron chi connectivity index (χ0n) is 24.1. The van der Waals surface area contributed by atoms with Crippen LogP contribution in [0.15, 0.2) is 27.6 Å². The number of likely N-dealkylation sites (tertiary alicyclic amines) is 1. The van der Waals surface area contributed by atoms with Gasteiger partial charge in [0.2, 0.25) is 0 Å². The van der Waals surface area contributed by atoms with Crippen LogP contribution in [0.5, 0.6) is 0 Å². The van der Waals surface area contributed by atoms with Gasteiger partial charge in [-0.1, -0.05) is 20.8 Å². The van der Waals surface area contributed by atoms with E-state index in [4.69, 9.17) is 9.15 Å². The summed E-state index contributed by atoms with van der Waals surface area (Å²) in [5, 5.41) is 16.0. The minimum Gasteiger partial charge on any atom is -0.446 e. The number of rotatable bonds is 4. The Morgan fingerprint density at radius 3 is 2.56 bits per heavy atom. The Morgan fingerprint density at radius 2 is 1.85 bits per heavy atom. The van der Waals surface area contributed by atoms with E-state index < -0.39 is 5.60 Å². The number of ether oxygens (including phenoxy) is 1. The maximum absolute atomic E-state index is 13.0. The standard InChI is InChI=1S/C32H48N2O5/c1-4-33-23-12-17-34(18-13-23)29(36)39-24-9-14-30(2)22(19-24)6-7-27-26(30)10-15-31(3)25(11-16-32(27,31)37)21-5-8-28(35)38-20-21/h5,8,20,22-27,33,37H,4,6-7,9-19H2,1-3H3/t22-,24+,25-,26+,27-,30+,31-,32+/m1/s1. The molecule has 39 heavy (non-hydrogen) atoms. The van der Waals surface area contributed by atoms with Gasteiger partial charge in [-0.05, 0) is 118 Å². The summed E-state index contributed by atoms with van der Waals surface area (Å²) in [7, 11) is 0. The van der Waals surface area contributed by atoms with Crippen molar-refractivity contribution in [2.24, 2.45) is 28.6 Å². The second-order valence-electron chi connectivity index (χ2n) is 14.0. The number of nitrogens with zero attached hydrogens (tertiary/aromatic N) is 1. The van der Waals surface area contributed by atoms with Crippen LogP contribution in [0.1, 0.15) is 103 Å². The fourth-order valence-electron chi connectivity index (χ4n) is 10.2. The van der Waals surface area contributed by atoms with Crippen LogP contribution in [0.2, 0.25) is 0 Å². The molecule has 2 N–H and O–H groups in total. The third-order valence-corrected chi connectivity index (χ3v) is 12.4. The largest absolute Gasteiger partial charge is 0.446 e. The predicted octanol–water partition coefficient (Wildman–Crippen LogP) is 5.46. The fourth-order valence-corrected chi connectivity index (χ4v) is 10.2. The van der Waals surface area contributed by atoms with E-state index in [0.717, 1.165) is 95.8 Å². The summed E-state index contributed by atoms with van der Waals surface area (Å²) >= 11 is 0. The van der Waals surface area contributed by atoms with Gasteiger partial charge < -0.3 is 24.5 Å². The Bertz CT molecular complexity index is 1090. The van der Waals surface area contributed by atoms with Crippen molar-refractivity contribution in [1.29, 1.82) is 0 Å². The molecule has 216 valence electrons. The average molecular weight is 541 g/mol. The Hall–Kier alpha value is -1.86. The highest BCUT2D eigenvalue weighted by molar-refractivity contribution is 5.68. The summed E-state index contributed by atoms with van der Waals surface area (Å²) in [6.07, 6.45) is 12.5. The van der Waals surface area contributed by atoms with E-state index in [2.05, 4.69) is 26.1 Å². The van der Waals surface area contributed by atoms with E-state index in [0.29, 0.717) is 23.8 Å². The molecule has 2 heterocycles. The minimum absolute atomic E-state index is 0.0131. The molecule has 0 aromatic carbocycles. The second kappa shape index (κ2) is 10.2. The van der Waals surface area contributed by atoms with Gasteiger partial charge in [0.25, 0.3) is 0 Å². The first-order valence-electron chi connectivity index (χ1n) is 15.7. The average Bonchev–Trinajstić information content (AvgIpc) is 3.21. The van der Waals surface area contributed by atoms with Crippen LogP contribution in [0, 0.1) is 28.6 Å². The van der Waals surface area contributed by atoms with Gasteiger partial charge in [-0.3, -0.25) is 0 Å².